The van der Waals surface area contributed by atoms with Crippen LogP contribution in [0.1, 0.15) is 32.5 Å². The number of aromatic nitrogens is 2. The lowest BCUT2D eigenvalue weighted by Gasteiger charge is -2.15. The number of rotatable bonds is 5. The summed E-state index contributed by atoms with van der Waals surface area (Å²) in [5.74, 6) is 0. The third-order valence-electron chi connectivity index (χ3n) is 2.04. The van der Waals surface area contributed by atoms with Gasteiger partial charge >= 0.3 is 0 Å². The Kier molecular flexibility index (Phi) is 4.10. The highest BCUT2D eigenvalue weighted by atomic mass is 16.5. The Labute approximate surface area is 85.0 Å². The molecule has 14 heavy (non-hydrogen) atoms. The monoisotopic (exact) mass is 197 g/mol. The first kappa shape index (κ1) is 11.2. The second-order valence-electron chi connectivity index (χ2n) is 3.56. The second kappa shape index (κ2) is 5.12. The van der Waals surface area contributed by atoms with Gasteiger partial charge in [-0.05, 0) is 26.8 Å². The minimum atomic E-state index is -0.0835. The molecule has 0 bridgehead atoms. The molecule has 0 aliphatic carbocycles. The first-order chi connectivity index (χ1) is 6.65. The smallest absolute Gasteiger partial charge is 0.0704 e. The molecule has 4 heteroatoms. The number of nitrogens with two attached hydrogens (primary N) is 1. The Bertz CT molecular complexity index is 270. The molecule has 0 aliphatic heterocycles. The van der Waals surface area contributed by atoms with Crippen LogP contribution >= 0.6 is 0 Å². The van der Waals surface area contributed by atoms with Crippen molar-refractivity contribution in [1.82, 2.24) is 9.78 Å². The number of hydrogen-bond donors (Lipinski definition) is 1. The van der Waals surface area contributed by atoms with Gasteiger partial charge in [0.1, 0.15) is 0 Å². The first-order valence-electron chi connectivity index (χ1n) is 5.04. The van der Waals surface area contributed by atoms with Crippen LogP contribution in [0.2, 0.25) is 0 Å². The quantitative estimate of drug-likeness (QED) is 0.774. The highest BCUT2D eigenvalue weighted by molar-refractivity contribution is 5.06. The normalized spacial score (nSPS) is 13.5. The molecule has 1 atom stereocenters. The van der Waals surface area contributed by atoms with Crippen molar-refractivity contribution in [3.8, 4) is 0 Å². The molecule has 0 fully saturated rings. The van der Waals surface area contributed by atoms with Gasteiger partial charge in [0.25, 0.3) is 0 Å². The lowest BCUT2D eigenvalue weighted by molar-refractivity contribution is 0.0668. The van der Waals surface area contributed by atoms with Crippen LogP contribution in [-0.4, -0.2) is 22.5 Å². The average molecular weight is 197 g/mol. The second-order valence-corrected chi connectivity index (χ2v) is 3.56. The third kappa shape index (κ3) is 2.82. The lowest BCUT2D eigenvalue weighted by atomic mass is 10.2. The summed E-state index contributed by atoms with van der Waals surface area (Å²) in [7, 11) is 0. The molecule has 1 aromatic heterocycles. The summed E-state index contributed by atoms with van der Waals surface area (Å²) in [6.45, 7) is 7.45. The van der Waals surface area contributed by atoms with Gasteiger partial charge in [0, 0.05) is 12.7 Å². The van der Waals surface area contributed by atoms with Crippen molar-refractivity contribution in [1.29, 1.82) is 0 Å². The molecule has 0 spiro atoms. The van der Waals surface area contributed by atoms with E-state index in [2.05, 4.69) is 5.10 Å². The largest absolute Gasteiger partial charge is 0.377 e. The van der Waals surface area contributed by atoms with Gasteiger partial charge in [0.2, 0.25) is 0 Å². The predicted octanol–water partition coefficient (Wildman–Crippen LogP) is 1.33. The van der Waals surface area contributed by atoms with Crippen LogP contribution in [-0.2, 0) is 11.3 Å². The van der Waals surface area contributed by atoms with E-state index < -0.39 is 0 Å². The molecule has 0 aromatic carbocycles. The molecule has 4 nitrogen and oxygen atoms in total. The fourth-order valence-electron chi connectivity index (χ4n) is 1.30. The maximum absolute atomic E-state index is 5.98. The Hall–Kier alpha value is -0.870. The molecule has 1 unspecified atom stereocenters. The zero-order chi connectivity index (χ0) is 10.6. The minimum absolute atomic E-state index is 0.0835. The van der Waals surface area contributed by atoms with Gasteiger partial charge in [0.15, 0.2) is 0 Å². The molecule has 0 saturated carbocycles. The summed E-state index contributed by atoms with van der Waals surface area (Å²) >= 11 is 0. The van der Waals surface area contributed by atoms with E-state index in [0.29, 0.717) is 6.61 Å². The molecular formula is C10H19N3O. The van der Waals surface area contributed by atoms with Crippen LogP contribution in [0.3, 0.4) is 0 Å². The van der Waals surface area contributed by atoms with Gasteiger partial charge in [-0.2, -0.15) is 5.10 Å². The maximum Gasteiger partial charge on any atom is 0.0704 e. The van der Waals surface area contributed by atoms with Crippen molar-refractivity contribution in [2.45, 2.75) is 39.5 Å². The third-order valence-corrected chi connectivity index (χ3v) is 2.04. The number of hydrogen-bond acceptors (Lipinski definition) is 3. The highest BCUT2D eigenvalue weighted by Crippen LogP contribution is 2.10. The van der Waals surface area contributed by atoms with Gasteiger partial charge in [-0.1, -0.05) is 0 Å². The summed E-state index contributed by atoms with van der Waals surface area (Å²) in [6, 6.07) is 1.86. The summed E-state index contributed by atoms with van der Waals surface area (Å²) in [4.78, 5) is 0. The van der Waals surface area contributed by atoms with E-state index in [1.165, 1.54) is 0 Å². The summed E-state index contributed by atoms with van der Waals surface area (Å²) in [5.41, 5.74) is 7.01. The van der Waals surface area contributed by atoms with E-state index >= 15 is 0 Å². The molecule has 1 heterocycles. The zero-order valence-corrected chi connectivity index (χ0v) is 9.10. The van der Waals surface area contributed by atoms with Crippen molar-refractivity contribution >= 4 is 0 Å². The minimum Gasteiger partial charge on any atom is -0.377 e. The van der Waals surface area contributed by atoms with Gasteiger partial charge in [0.05, 0.1) is 24.4 Å². The van der Waals surface area contributed by atoms with Gasteiger partial charge < -0.3 is 10.5 Å². The highest BCUT2D eigenvalue weighted by Gasteiger charge is 2.11. The fourth-order valence-corrected chi connectivity index (χ4v) is 1.30. The molecule has 80 valence electrons. The first-order valence-corrected chi connectivity index (χ1v) is 5.04. The van der Waals surface area contributed by atoms with Crippen molar-refractivity contribution in [2.75, 3.05) is 6.61 Å². The van der Waals surface area contributed by atoms with Crippen LogP contribution in [0.15, 0.2) is 12.3 Å². The van der Waals surface area contributed by atoms with Crippen LogP contribution < -0.4 is 5.73 Å². The Morgan fingerprint density at radius 1 is 1.57 bits per heavy atom. The topological polar surface area (TPSA) is 53.1 Å². The molecule has 0 aliphatic rings. The number of ether oxygens (including phenoxy) is 1. The van der Waals surface area contributed by atoms with E-state index in [9.17, 15) is 0 Å². The van der Waals surface area contributed by atoms with Gasteiger partial charge in [-0.3, -0.25) is 4.68 Å². The van der Waals surface area contributed by atoms with E-state index in [1.807, 2.05) is 31.5 Å². The van der Waals surface area contributed by atoms with Crippen LogP contribution in [0, 0.1) is 0 Å². The number of aryl methyl sites for hydroxylation is 1. The molecule has 2 N–H and O–H groups in total. The van der Waals surface area contributed by atoms with Crippen molar-refractivity contribution < 1.29 is 4.74 Å². The van der Waals surface area contributed by atoms with Crippen LogP contribution in [0.4, 0.5) is 0 Å². The molecule has 0 radical (unpaired) electrons. The Balaban J connectivity index is 2.55. The van der Waals surface area contributed by atoms with Crippen LogP contribution in [0.5, 0.6) is 0 Å². The SMILES string of the molecule is CCn1nccc1C(N)COC(C)C. The molecule has 1 aromatic rings. The average Bonchev–Trinajstić information content (AvgIpc) is 2.61. The lowest BCUT2D eigenvalue weighted by Crippen LogP contribution is -2.22. The van der Waals surface area contributed by atoms with Crippen LogP contribution in [0.25, 0.3) is 0 Å². The summed E-state index contributed by atoms with van der Waals surface area (Å²) < 4.78 is 7.36. The predicted molar refractivity (Wildman–Crippen MR) is 55.9 cm³/mol. The van der Waals surface area contributed by atoms with Crippen molar-refractivity contribution in [3.05, 3.63) is 18.0 Å². The van der Waals surface area contributed by atoms with E-state index in [1.54, 1.807) is 6.20 Å². The van der Waals surface area contributed by atoms with E-state index in [4.69, 9.17) is 10.5 Å². The van der Waals surface area contributed by atoms with Crippen molar-refractivity contribution in [2.24, 2.45) is 5.73 Å². The van der Waals surface area contributed by atoms with Gasteiger partial charge in [-0.15, -0.1) is 0 Å². The Morgan fingerprint density at radius 2 is 2.29 bits per heavy atom. The standard InChI is InChI=1S/C10H19N3O/c1-4-13-10(5-6-12-13)9(11)7-14-8(2)3/h5-6,8-9H,4,7,11H2,1-3H3. The maximum atomic E-state index is 5.98. The number of nitrogens with zero attached hydrogens (tertiary/aromatic N) is 2. The van der Waals surface area contributed by atoms with Gasteiger partial charge in [-0.25, -0.2) is 0 Å². The zero-order valence-electron chi connectivity index (χ0n) is 9.10. The molecule has 1 rings (SSSR count). The summed E-state index contributed by atoms with van der Waals surface area (Å²) in [5, 5.41) is 4.16. The summed E-state index contributed by atoms with van der Waals surface area (Å²) in [6.07, 6.45) is 1.99. The Morgan fingerprint density at radius 3 is 2.86 bits per heavy atom. The molecule has 0 saturated heterocycles. The molecular weight excluding hydrogens is 178 g/mol. The van der Waals surface area contributed by atoms with E-state index in [-0.39, 0.29) is 12.1 Å². The fraction of sp³-hybridized carbons (Fsp3) is 0.700. The van der Waals surface area contributed by atoms with E-state index in [0.717, 1.165) is 12.2 Å². The molecule has 0 amide bonds. The van der Waals surface area contributed by atoms with Crippen molar-refractivity contribution in [3.63, 3.8) is 0 Å².